The molecule has 0 spiro atoms. The maximum Gasteiger partial charge on any atom is 0.163 e. The zero-order valence-electron chi connectivity index (χ0n) is 14.1. The summed E-state index contributed by atoms with van der Waals surface area (Å²) in [5, 5.41) is 0. The molecule has 0 aliphatic heterocycles. The van der Waals surface area contributed by atoms with Gasteiger partial charge >= 0.3 is 0 Å². The van der Waals surface area contributed by atoms with E-state index in [0.717, 1.165) is 11.5 Å². The molecule has 1 aromatic heterocycles. The van der Waals surface area contributed by atoms with Crippen molar-refractivity contribution in [2.24, 2.45) is 0 Å². The number of pyridine rings is 1. The smallest absolute Gasteiger partial charge is 0.163 e. The minimum absolute atomic E-state index is 0.0788. The summed E-state index contributed by atoms with van der Waals surface area (Å²) in [6.07, 6.45) is 6.44. The molecule has 1 saturated carbocycles. The van der Waals surface area contributed by atoms with E-state index in [1.54, 1.807) is 24.5 Å². The van der Waals surface area contributed by atoms with Gasteiger partial charge < -0.3 is 0 Å². The van der Waals surface area contributed by atoms with Crippen LogP contribution in [0.15, 0.2) is 79.1 Å². The highest BCUT2D eigenvalue weighted by molar-refractivity contribution is 5.96. The number of nitrogens with zero attached hydrogens (tertiary/aromatic N) is 1. The van der Waals surface area contributed by atoms with Crippen molar-refractivity contribution in [3.63, 3.8) is 0 Å². The number of rotatable bonds is 6. The molecule has 1 fully saturated rings. The first-order valence-corrected chi connectivity index (χ1v) is 8.89. The molecular formula is C23H21NO. The molecule has 25 heavy (non-hydrogen) atoms. The Kier molecular flexibility index (Phi) is 4.43. The fourth-order valence-corrected chi connectivity index (χ4v) is 3.37. The zero-order valence-corrected chi connectivity index (χ0v) is 14.1. The van der Waals surface area contributed by atoms with Crippen LogP contribution in [0.5, 0.6) is 0 Å². The second-order valence-corrected chi connectivity index (χ2v) is 6.77. The summed E-state index contributed by atoms with van der Waals surface area (Å²) in [7, 11) is 0. The van der Waals surface area contributed by atoms with Gasteiger partial charge in [0.15, 0.2) is 5.78 Å². The summed E-state index contributed by atoms with van der Waals surface area (Å²) in [5.74, 6) is 0.986. The van der Waals surface area contributed by atoms with Crippen molar-refractivity contribution in [1.29, 1.82) is 0 Å². The fourth-order valence-electron chi connectivity index (χ4n) is 3.37. The first-order chi connectivity index (χ1) is 12.3. The summed E-state index contributed by atoms with van der Waals surface area (Å²) in [4.78, 5) is 16.8. The normalized spacial score (nSPS) is 14.9. The average molecular weight is 327 g/mol. The van der Waals surface area contributed by atoms with Crippen molar-refractivity contribution in [3.05, 3.63) is 101 Å². The van der Waals surface area contributed by atoms with Crippen LogP contribution in [0.1, 0.15) is 58.1 Å². The molecule has 1 atom stereocenters. The average Bonchev–Trinajstić information content (AvgIpc) is 3.53. The quantitative estimate of drug-likeness (QED) is 0.570. The molecule has 0 bridgehead atoms. The predicted molar refractivity (Wildman–Crippen MR) is 99.9 cm³/mol. The Bertz CT molecular complexity index is 836. The second-order valence-electron chi connectivity index (χ2n) is 6.77. The maximum absolute atomic E-state index is 12.8. The first-order valence-electron chi connectivity index (χ1n) is 8.89. The van der Waals surface area contributed by atoms with Gasteiger partial charge in [0, 0.05) is 30.3 Å². The SMILES string of the molecule is O=C(CC(c1ccccc1)c1ccc(C2CC2)cc1)c1ccncc1. The van der Waals surface area contributed by atoms with Gasteiger partial charge in [-0.3, -0.25) is 9.78 Å². The van der Waals surface area contributed by atoms with Gasteiger partial charge in [-0.05, 0) is 47.6 Å². The molecule has 4 rings (SSSR count). The van der Waals surface area contributed by atoms with Gasteiger partial charge in [-0.25, -0.2) is 0 Å². The number of Topliss-reactive ketones (excluding diaryl/α,β-unsaturated/α-hetero) is 1. The van der Waals surface area contributed by atoms with Gasteiger partial charge in [0.05, 0.1) is 0 Å². The molecule has 2 aromatic carbocycles. The Labute approximate surface area is 148 Å². The van der Waals surface area contributed by atoms with Crippen LogP contribution in [0.4, 0.5) is 0 Å². The monoisotopic (exact) mass is 327 g/mol. The van der Waals surface area contributed by atoms with Crippen molar-refractivity contribution in [3.8, 4) is 0 Å². The van der Waals surface area contributed by atoms with Crippen molar-refractivity contribution in [2.45, 2.75) is 31.1 Å². The van der Waals surface area contributed by atoms with Crippen LogP contribution in [0.25, 0.3) is 0 Å². The molecule has 1 aliphatic carbocycles. The van der Waals surface area contributed by atoms with Gasteiger partial charge in [0.1, 0.15) is 0 Å². The Morgan fingerprint density at radius 2 is 1.52 bits per heavy atom. The van der Waals surface area contributed by atoms with Crippen LogP contribution < -0.4 is 0 Å². The Balaban J connectivity index is 1.63. The van der Waals surface area contributed by atoms with E-state index in [0.29, 0.717) is 6.42 Å². The van der Waals surface area contributed by atoms with Crippen LogP contribution >= 0.6 is 0 Å². The van der Waals surface area contributed by atoms with Crippen molar-refractivity contribution >= 4 is 5.78 Å². The number of carbonyl (C=O) groups is 1. The molecule has 3 aromatic rings. The minimum atomic E-state index is 0.0788. The van der Waals surface area contributed by atoms with E-state index in [9.17, 15) is 4.79 Å². The van der Waals surface area contributed by atoms with Gasteiger partial charge in [-0.1, -0.05) is 54.6 Å². The third kappa shape index (κ3) is 3.69. The van der Waals surface area contributed by atoms with Crippen LogP contribution in [0.3, 0.4) is 0 Å². The lowest BCUT2D eigenvalue weighted by Gasteiger charge is -2.18. The van der Waals surface area contributed by atoms with E-state index in [-0.39, 0.29) is 11.7 Å². The number of hydrogen-bond donors (Lipinski definition) is 0. The number of carbonyl (C=O) groups excluding carboxylic acids is 1. The van der Waals surface area contributed by atoms with Gasteiger partial charge in [-0.2, -0.15) is 0 Å². The van der Waals surface area contributed by atoms with Crippen LogP contribution in [-0.2, 0) is 0 Å². The van der Waals surface area contributed by atoms with Crippen LogP contribution in [0.2, 0.25) is 0 Å². The van der Waals surface area contributed by atoms with Crippen LogP contribution in [-0.4, -0.2) is 10.8 Å². The highest BCUT2D eigenvalue weighted by atomic mass is 16.1. The summed E-state index contributed by atoms with van der Waals surface area (Å²) < 4.78 is 0. The number of ketones is 1. The topological polar surface area (TPSA) is 30.0 Å². The number of benzene rings is 2. The van der Waals surface area contributed by atoms with E-state index in [1.165, 1.54) is 29.5 Å². The lowest BCUT2D eigenvalue weighted by Crippen LogP contribution is -2.09. The molecule has 0 saturated heterocycles. The number of aromatic nitrogens is 1. The molecule has 0 N–H and O–H groups in total. The molecule has 2 heteroatoms. The molecule has 1 heterocycles. The summed E-state index contributed by atoms with van der Waals surface area (Å²) in [6.45, 7) is 0. The lowest BCUT2D eigenvalue weighted by molar-refractivity contribution is 0.0977. The fraction of sp³-hybridized carbons (Fsp3) is 0.217. The third-order valence-corrected chi connectivity index (χ3v) is 4.98. The van der Waals surface area contributed by atoms with E-state index < -0.39 is 0 Å². The van der Waals surface area contributed by atoms with Crippen LogP contribution in [0, 0.1) is 0 Å². The Hall–Kier alpha value is -2.74. The molecule has 1 unspecified atom stereocenters. The highest BCUT2D eigenvalue weighted by Crippen LogP contribution is 2.40. The first kappa shape index (κ1) is 15.8. The molecule has 0 amide bonds. The summed E-state index contributed by atoms with van der Waals surface area (Å²) >= 11 is 0. The number of hydrogen-bond acceptors (Lipinski definition) is 2. The minimum Gasteiger partial charge on any atom is -0.294 e. The van der Waals surface area contributed by atoms with Crippen molar-refractivity contribution in [2.75, 3.05) is 0 Å². The maximum atomic E-state index is 12.8. The lowest BCUT2D eigenvalue weighted by atomic mass is 9.85. The molecule has 0 radical (unpaired) electrons. The molecule has 1 aliphatic rings. The van der Waals surface area contributed by atoms with Gasteiger partial charge in [0.25, 0.3) is 0 Å². The van der Waals surface area contributed by atoms with E-state index in [4.69, 9.17) is 0 Å². The predicted octanol–water partition coefficient (Wildman–Crippen LogP) is 5.36. The zero-order chi connectivity index (χ0) is 17.1. The van der Waals surface area contributed by atoms with E-state index >= 15 is 0 Å². The molecule has 124 valence electrons. The standard InChI is InChI=1S/C23H21NO/c25-23(21-12-14-24-15-13-21)16-22(19-4-2-1-3-5-19)20-10-8-18(9-11-20)17-6-7-17/h1-5,8-15,17,22H,6-7,16H2. The largest absolute Gasteiger partial charge is 0.294 e. The summed E-state index contributed by atoms with van der Waals surface area (Å²) in [5.41, 5.74) is 4.55. The van der Waals surface area contributed by atoms with E-state index in [2.05, 4.69) is 41.4 Å². The van der Waals surface area contributed by atoms with Gasteiger partial charge in [-0.15, -0.1) is 0 Å². The van der Waals surface area contributed by atoms with Crippen molar-refractivity contribution < 1.29 is 4.79 Å². The highest BCUT2D eigenvalue weighted by Gasteiger charge is 2.24. The van der Waals surface area contributed by atoms with Crippen molar-refractivity contribution in [1.82, 2.24) is 4.98 Å². The van der Waals surface area contributed by atoms with Gasteiger partial charge in [0.2, 0.25) is 0 Å². The second kappa shape index (κ2) is 7.02. The Morgan fingerprint density at radius 1 is 0.880 bits per heavy atom. The molecule has 2 nitrogen and oxygen atoms in total. The summed E-state index contributed by atoms with van der Waals surface area (Å²) in [6, 6.07) is 22.8. The Morgan fingerprint density at radius 3 is 2.16 bits per heavy atom. The molecular weight excluding hydrogens is 306 g/mol. The van der Waals surface area contributed by atoms with E-state index in [1.807, 2.05) is 18.2 Å². The third-order valence-electron chi connectivity index (χ3n) is 4.98.